The Kier molecular flexibility index (Phi) is 18.0. The largest absolute Gasteiger partial charge is 0.449 e. The van der Waals surface area contributed by atoms with Crippen molar-refractivity contribution in [3.05, 3.63) is 0 Å². The number of rotatable bonds is 17. The predicted octanol–water partition coefficient (Wildman–Crippen LogP) is 6.95. The molecule has 0 aromatic rings. The topological polar surface area (TPSA) is 29.5 Å². The van der Waals surface area contributed by atoms with E-state index in [1.807, 2.05) is 0 Å². The van der Waals surface area contributed by atoms with E-state index in [4.69, 9.17) is 4.74 Å². The van der Waals surface area contributed by atoms with E-state index in [9.17, 15) is 4.79 Å². The van der Waals surface area contributed by atoms with Crippen LogP contribution in [-0.4, -0.2) is 31.7 Å². The summed E-state index contributed by atoms with van der Waals surface area (Å²) >= 11 is 0. The van der Waals surface area contributed by atoms with Crippen LogP contribution >= 0.6 is 0 Å². The molecule has 0 spiro atoms. The van der Waals surface area contributed by atoms with Crippen molar-refractivity contribution in [3.63, 3.8) is 0 Å². The van der Waals surface area contributed by atoms with Crippen LogP contribution < -0.4 is 0 Å². The monoisotopic (exact) mass is 341 g/mol. The number of carbonyl (C=O) groups is 1. The molecule has 1 amide bonds. The van der Waals surface area contributed by atoms with Crippen LogP contribution in [0.4, 0.5) is 4.79 Å². The Morgan fingerprint density at radius 1 is 0.625 bits per heavy atom. The van der Waals surface area contributed by atoms with Crippen LogP contribution in [0.5, 0.6) is 0 Å². The molecule has 0 aliphatic rings. The van der Waals surface area contributed by atoms with Crippen molar-refractivity contribution >= 4 is 6.09 Å². The molecule has 0 heterocycles. The molecule has 0 atom stereocenters. The van der Waals surface area contributed by atoms with Crippen molar-refractivity contribution < 1.29 is 9.53 Å². The molecule has 24 heavy (non-hydrogen) atoms. The standard InChI is InChI=1S/C21H43NO2/c1-4-5-6-7-8-9-10-11-12-13-14-15-16-17-18-19-20-24-21(23)22(2)3/h4-20H2,1-3H3. The van der Waals surface area contributed by atoms with Gasteiger partial charge in [-0.15, -0.1) is 0 Å². The van der Waals surface area contributed by atoms with Crippen molar-refractivity contribution in [2.75, 3.05) is 20.7 Å². The predicted molar refractivity (Wildman–Crippen MR) is 105 cm³/mol. The Morgan fingerprint density at radius 3 is 1.29 bits per heavy atom. The molecule has 0 aliphatic carbocycles. The lowest BCUT2D eigenvalue weighted by Crippen LogP contribution is -2.23. The minimum Gasteiger partial charge on any atom is -0.449 e. The molecule has 144 valence electrons. The Bertz CT molecular complexity index is 267. The molecule has 0 aromatic carbocycles. The minimum atomic E-state index is -0.226. The van der Waals surface area contributed by atoms with Crippen LogP contribution in [0.2, 0.25) is 0 Å². The summed E-state index contributed by atoms with van der Waals surface area (Å²) < 4.78 is 5.11. The van der Waals surface area contributed by atoms with Crippen molar-refractivity contribution in [2.24, 2.45) is 0 Å². The summed E-state index contributed by atoms with van der Waals surface area (Å²) in [4.78, 5) is 12.7. The lowest BCUT2D eigenvalue weighted by molar-refractivity contribution is 0.116. The maximum Gasteiger partial charge on any atom is 0.409 e. The molecule has 0 aliphatic heterocycles. The van der Waals surface area contributed by atoms with Crippen LogP contribution in [0.15, 0.2) is 0 Å². The van der Waals surface area contributed by atoms with Gasteiger partial charge in [-0.25, -0.2) is 4.79 Å². The third-order valence-electron chi connectivity index (χ3n) is 4.59. The van der Waals surface area contributed by atoms with Gasteiger partial charge >= 0.3 is 6.09 Å². The minimum absolute atomic E-state index is 0.226. The molecule has 0 aromatic heterocycles. The zero-order valence-electron chi connectivity index (χ0n) is 16.8. The fourth-order valence-corrected chi connectivity index (χ4v) is 2.94. The van der Waals surface area contributed by atoms with Gasteiger partial charge in [0.2, 0.25) is 0 Å². The number of nitrogens with zero attached hydrogens (tertiary/aromatic N) is 1. The van der Waals surface area contributed by atoms with Gasteiger partial charge in [0.05, 0.1) is 6.61 Å². The highest BCUT2D eigenvalue weighted by molar-refractivity contribution is 5.66. The molecular weight excluding hydrogens is 298 g/mol. The van der Waals surface area contributed by atoms with Crippen molar-refractivity contribution in [1.82, 2.24) is 4.90 Å². The SMILES string of the molecule is CCCCCCCCCCCCCCCCCCOC(=O)N(C)C. The van der Waals surface area contributed by atoms with E-state index in [1.165, 1.54) is 101 Å². The van der Waals surface area contributed by atoms with Crippen LogP contribution in [0, 0.1) is 0 Å². The first-order valence-corrected chi connectivity index (χ1v) is 10.5. The zero-order valence-corrected chi connectivity index (χ0v) is 16.8. The van der Waals surface area contributed by atoms with Crippen LogP contribution in [-0.2, 0) is 4.74 Å². The normalized spacial score (nSPS) is 10.8. The number of hydrogen-bond donors (Lipinski definition) is 0. The highest BCUT2D eigenvalue weighted by atomic mass is 16.6. The molecule has 0 rings (SSSR count). The van der Waals surface area contributed by atoms with Crippen molar-refractivity contribution in [1.29, 1.82) is 0 Å². The Labute approximate surface area is 151 Å². The summed E-state index contributed by atoms with van der Waals surface area (Å²) in [5.74, 6) is 0. The Balaban J connectivity index is 3.04. The van der Waals surface area contributed by atoms with Crippen molar-refractivity contribution in [3.8, 4) is 0 Å². The van der Waals surface area contributed by atoms with Gasteiger partial charge in [0.25, 0.3) is 0 Å². The smallest absolute Gasteiger partial charge is 0.409 e. The summed E-state index contributed by atoms with van der Waals surface area (Å²) in [5, 5.41) is 0. The highest BCUT2D eigenvalue weighted by Crippen LogP contribution is 2.13. The third kappa shape index (κ3) is 17.6. The summed E-state index contributed by atoms with van der Waals surface area (Å²) in [6.07, 6.45) is 21.6. The lowest BCUT2D eigenvalue weighted by Gasteiger charge is -2.10. The van der Waals surface area contributed by atoms with Gasteiger partial charge in [0.15, 0.2) is 0 Å². The third-order valence-corrected chi connectivity index (χ3v) is 4.59. The molecule has 0 saturated carbocycles. The van der Waals surface area contributed by atoms with Crippen LogP contribution in [0.1, 0.15) is 110 Å². The van der Waals surface area contributed by atoms with Crippen LogP contribution in [0.25, 0.3) is 0 Å². The highest BCUT2D eigenvalue weighted by Gasteiger charge is 2.02. The van der Waals surface area contributed by atoms with E-state index >= 15 is 0 Å². The molecular formula is C21H43NO2. The fraction of sp³-hybridized carbons (Fsp3) is 0.952. The second-order valence-electron chi connectivity index (χ2n) is 7.31. The van der Waals surface area contributed by atoms with Gasteiger partial charge in [-0.1, -0.05) is 103 Å². The fourth-order valence-electron chi connectivity index (χ4n) is 2.94. The zero-order chi connectivity index (χ0) is 17.9. The molecule has 3 nitrogen and oxygen atoms in total. The number of carbonyl (C=O) groups excluding carboxylic acids is 1. The van der Waals surface area contributed by atoms with Gasteiger partial charge < -0.3 is 9.64 Å². The number of ether oxygens (including phenoxy) is 1. The van der Waals surface area contributed by atoms with E-state index in [1.54, 1.807) is 14.1 Å². The molecule has 0 fully saturated rings. The quantitative estimate of drug-likeness (QED) is 0.268. The van der Waals surface area contributed by atoms with Gasteiger partial charge in [0.1, 0.15) is 0 Å². The maximum atomic E-state index is 11.2. The summed E-state index contributed by atoms with van der Waals surface area (Å²) in [5.41, 5.74) is 0. The maximum absolute atomic E-state index is 11.2. The van der Waals surface area contributed by atoms with E-state index in [0.29, 0.717) is 6.61 Å². The molecule has 0 radical (unpaired) electrons. The molecule has 3 heteroatoms. The Hall–Kier alpha value is -0.730. The van der Waals surface area contributed by atoms with E-state index in [2.05, 4.69) is 6.92 Å². The molecule has 0 N–H and O–H groups in total. The number of unbranched alkanes of at least 4 members (excludes halogenated alkanes) is 15. The van der Waals surface area contributed by atoms with E-state index < -0.39 is 0 Å². The number of amides is 1. The summed E-state index contributed by atoms with van der Waals surface area (Å²) in [6.45, 7) is 2.85. The van der Waals surface area contributed by atoms with Gasteiger partial charge in [-0.3, -0.25) is 0 Å². The van der Waals surface area contributed by atoms with Gasteiger partial charge in [-0.05, 0) is 6.42 Å². The first-order chi connectivity index (χ1) is 11.7. The van der Waals surface area contributed by atoms with Gasteiger partial charge in [0, 0.05) is 14.1 Å². The van der Waals surface area contributed by atoms with E-state index in [-0.39, 0.29) is 6.09 Å². The molecule has 0 bridgehead atoms. The second kappa shape index (κ2) is 18.6. The number of hydrogen-bond acceptors (Lipinski definition) is 2. The molecule has 0 saturated heterocycles. The average Bonchev–Trinajstić information content (AvgIpc) is 2.57. The molecule has 0 unspecified atom stereocenters. The van der Waals surface area contributed by atoms with Gasteiger partial charge in [-0.2, -0.15) is 0 Å². The summed E-state index contributed by atoms with van der Waals surface area (Å²) in [7, 11) is 3.44. The second-order valence-corrected chi connectivity index (χ2v) is 7.31. The first-order valence-electron chi connectivity index (χ1n) is 10.5. The Morgan fingerprint density at radius 2 is 0.958 bits per heavy atom. The van der Waals surface area contributed by atoms with Crippen LogP contribution in [0.3, 0.4) is 0 Å². The van der Waals surface area contributed by atoms with E-state index in [0.717, 1.165) is 6.42 Å². The van der Waals surface area contributed by atoms with Crippen molar-refractivity contribution in [2.45, 2.75) is 110 Å². The lowest BCUT2D eigenvalue weighted by atomic mass is 10.0. The summed E-state index contributed by atoms with van der Waals surface area (Å²) in [6, 6.07) is 0. The first kappa shape index (κ1) is 23.3. The average molecular weight is 342 g/mol.